The van der Waals surface area contributed by atoms with Crippen molar-refractivity contribution >= 4 is 5.97 Å². The van der Waals surface area contributed by atoms with Crippen molar-refractivity contribution in [2.45, 2.75) is 6.42 Å². The van der Waals surface area contributed by atoms with Crippen LogP contribution in [0, 0.1) is 11.8 Å². The number of nitrogens with two attached hydrogens (primary N) is 1. The van der Waals surface area contributed by atoms with Crippen molar-refractivity contribution in [3.8, 4) is 11.8 Å². The molecule has 0 aliphatic rings. The van der Waals surface area contributed by atoms with Gasteiger partial charge in [0.1, 0.15) is 5.69 Å². The molecule has 0 atom stereocenters. The van der Waals surface area contributed by atoms with Gasteiger partial charge in [0.25, 0.3) is 0 Å². The molecule has 15 heavy (non-hydrogen) atoms. The standard InChI is InChI=1S/C11H12N2O2/c1-15-11(14)9-5-6-10(13-8-9)4-2-3-7-12/h5-6,8H,3,7,12H2,1H3. The van der Waals surface area contributed by atoms with Gasteiger partial charge in [-0.15, -0.1) is 0 Å². The van der Waals surface area contributed by atoms with Crippen LogP contribution in [-0.4, -0.2) is 24.6 Å². The van der Waals surface area contributed by atoms with E-state index in [0.29, 0.717) is 24.2 Å². The maximum atomic E-state index is 11.1. The van der Waals surface area contributed by atoms with Gasteiger partial charge in [0.15, 0.2) is 0 Å². The molecular weight excluding hydrogens is 192 g/mol. The maximum absolute atomic E-state index is 11.1. The Kier molecular flexibility index (Phi) is 4.32. The first-order chi connectivity index (χ1) is 7.27. The summed E-state index contributed by atoms with van der Waals surface area (Å²) in [7, 11) is 1.33. The van der Waals surface area contributed by atoms with E-state index in [9.17, 15) is 4.79 Å². The highest BCUT2D eigenvalue weighted by Gasteiger charge is 2.03. The van der Waals surface area contributed by atoms with E-state index < -0.39 is 5.97 Å². The molecule has 0 bridgehead atoms. The molecule has 2 N–H and O–H groups in total. The molecule has 0 unspecified atom stereocenters. The quantitative estimate of drug-likeness (QED) is 0.565. The summed E-state index contributed by atoms with van der Waals surface area (Å²) in [4.78, 5) is 15.1. The summed E-state index contributed by atoms with van der Waals surface area (Å²) < 4.78 is 4.54. The summed E-state index contributed by atoms with van der Waals surface area (Å²) in [5.41, 5.74) is 6.33. The molecule has 4 nitrogen and oxygen atoms in total. The maximum Gasteiger partial charge on any atom is 0.339 e. The average molecular weight is 204 g/mol. The Hall–Kier alpha value is -1.86. The number of methoxy groups -OCH3 is 1. The van der Waals surface area contributed by atoms with Gasteiger partial charge < -0.3 is 10.5 Å². The van der Waals surface area contributed by atoms with E-state index >= 15 is 0 Å². The molecule has 0 radical (unpaired) electrons. The van der Waals surface area contributed by atoms with E-state index in [1.54, 1.807) is 12.1 Å². The summed E-state index contributed by atoms with van der Waals surface area (Å²) in [6.45, 7) is 0.535. The Morgan fingerprint density at radius 1 is 1.60 bits per heavy atom. The average Bonchev–Trinajstić information content (AvgIpc) is 2.29. The lowest BCUT2D eigenvalue weighted by Crippen LogP contribution is -2.01. The number of rotatable bonds is 2. The number of carbonyl (C=O) groups is 1. The molecule has 78 valence electrons. The number of aromatic nitrogens is 1. The molecule has 1 heterocycles. The van der Waals surface area contributed by atoms with Crippen LogP contribution in [0.4, 0.5) is 0 Å². The third-order valence-electron chi connectivity index (χ3n) is 1.67. The molecule has 0 aromatic carbocycles. The minimum absolute atomic E-state index is 0.399. The topological polar surface area (TPSA) is 65.2 Å². The monoisotopic (exact) mass is 204 g/mol. The van der Waals surface area contributed by atoms with E-state index in [1.807, 2.05) is 0 Å². The van der Waals surface area contributed by atoms with Gasteiger partial charge in [-0.25, -0.2) is 9.78 Å². The van der Waals surface area contributed by atoms with Crippen molar-refractivity contribution in [2.24, 2.45) is 5.73 Å². The Labute approximate surface area is 88.5 Å². The van der Waals surface area contributed by atoms with Gasteiger partial charge in [-0.2, -0.15) is 0 Å². The Balaban J connectivity index is 2.73. The molecule has 0 fully saturated rings. The van der Waals surface area contributed by atoms with Crippen molar-refractivity contribution in [2.75, 3.05) is 13.7 Å². The van der Waals surface area contributed by atoms with Gasteiger partial charge in [-0.1, -0.05) is 5.92 Å². The normalized spacial score (nSPS) is 8.93. The van der Waals surface area contributed by atoms with Gasteiger partial charge >= 0.3 is 5.97 Å². The number of nitrogens with zero attached hydrogens (tertiary/aromatic N) is 1. The lowest BCUT2D eigenvalue weighted by molar-refractivity contribution is 0.0600. The Morgan fingerprint density at radius 2 is 2.40 bits per heavy atom. The molecule has 0 spiro atoms. The molecule has 1 rings (SSSR count). The highest BCUT2D eigenvalue weighted by Crippen LogP contribution is 2.00. The fourth-order valence-corrected chi connectivity index (χ4v) is 0.932. The number of ether oxygens (including phenoxy) is 1. The van der Waals surface area contributed by atoms with Gasteiger partial charge in [-0.05, 0) is 18.1 Å². The summed E-state index contributed by atoms with van der Waals surface area (Å²) in [6.07, 6.45) is 2.08. The first kappa shape index (κ1) is 11.2. The molecule has 0 saturated heterocycles. The molecule has 4 heteroatoms. The van der Waals surface area contributed by atoms with Crippen LogP contribution in [0.1, 0.15) is 22.5 Å². The van der Waals surface area contributed by atoms with E-state index in [4.69, 9.17) is 5.73 Å². The van der Waals surface area contributed by atoms with Crippen LogP contribution in [0.3, 0.4) is 0 Å². The van der Waals surface area contributed by atoms with E-state index in [1.165, 1.54) is 13.3 Å². The van der Waals surface area contributed by atoms with Crippen LogP contribution < -0.4 is 5.73 Å². The molecule has 0 aliphatic carbocycles. The van der Waals surface area contributed by atoms with E-state index in [0.717, 1.165) is 0 Å². The Morgan fingerprint density at radius 3 is 2.93 bits per heavy atom. The summed E-state index contributed by atoms with van der Waals surface area (Å²) >= 11 is 0. The summed E-state index contributed by atoms with van der Waals surface area (Å²) in [5.74, 6) is 5.30. The second-order valence-electron chi connectivity index (χ2n) is 2.76. The van der Waals surface area contributed by atoms with Crippen molar-refractivity contribution < 1.29 is 9.53 Å². The lowest BCUT2D eigenvalue weighted by Gasteiger charge is -1.97. The van der Waals surface area contributed by atoms with Gasteiger partial charge in [0, 0.05) is 19.2 Å². The second kappa shape index (κ2) is 5.78. The predicted molar refractivity (Wildman–Crippen MR) is 56.1 cm³/mol. The van der Waals surface area contributed by atoms with Crippen molar-refractivity contribution in [1.29, 1.82) is 0 Å². The third-order valence-corrected chi connectivity index (χ3v) is 1.67. The van der Waals surface area contributed by atoms with E-state index in [-0.39, 0.29) is 0 Å². The first-order valence-corrected chi connectivity index (χ1v) is 4.51. The summed E-state index contributed by atoms with van der Waals surface area (Å²) in [5, 5.41) is 0. The van der Waals surface area contributed by atoms with E-state index in [2.05, 4.69) is 21.6 Å². The van der Waals surface area contributed by atoms with Gasteiger partial charge in [0.05, 0.1) is 12.7 Å². The molecule has 1 aromatic rings. The summed E-state index contributed by atoms with van der Waals surface area (Å²) in [6, 6.07) is 3.31. The van der Waals surface area contributed by atoms with Gasteiger partial charge in [-0.3, -0.25) is 0 Å². The molecule has 0 amide bonds. The van der Waals surface area contributed by atoms with Gasteiger partial charge in [0.2, 0.25) is 0 Å². The van der Waals surface area contributed by atoms with Crippen molar-refractivity contribution in [3.05, 3.63) is 29.6 Å². The fourth-order valence-electron chi connectivity index (χ4n) is 0.932. The molecule has 1 aromatic heterocycles. The third kappa shape index (κ3) is 3.41. The van der Waals surface area contributed by atoms with Crippen LogP contribution in [0.15, 0.2) is 18.3 Å². The molecular formula is C11H12N2O2. The molecule has 0 saturated carbocycles. The zero-order chi connectivity index (χ0) is 11.1. The zero-order valence-electron chi connectivity index (χ0n) is 8.49. The minimum Gasteiger partial charge on any atom is -0.465 e. The fraction of sp³-hybridized carbons (Fsp3) is 0.273. The van der Waals surface area contributed by atoms with Crippen LogP contribution >= 0.6 is 0 Å². The minimum atomic E-state index is -0.399. The van der Waals surface area contributed by atoms with Crippen LogP contribution in [0.25, 0.3) is 0 Å². The number of pyridine rings is 1. The highest BCUT2D eigenvalue weighted by molar-refractivity contribution is 5.88. The lowest BCUT2D eigenvalue weighted by atomic mass is 10.2. The SMILES string of the molecule is COC(=O)c1ccc(C#CCCN)nc1. The first-order valence-electron chi connectivity index (χ1n) is 4.51. The highest BCUT2D eigenvalue weighted by atomic mass is 16.5. The van der Waals surface area contributed by atoms with Crippen molar-refractivity contribution in [1.82, 2.24) is 4.98 Å². The van der Waals surface area contributed by atoms with Crippen LogP contribution in [-0.2, 0) is 4.74 Å². The van der Waals surface area contributed by atoms with Crippen LogP contribution in [0.5, 0.6) is 0 Å². The number of esters is 1. The van der Waals surface area contributed by atoms with Crippen LogP contribution in [0.2, 0.25) is 0 Å². The molecule has 0 aliphatic heterocycles. The zero-order valence-corrected chi connectivity index (χ0v) is 8.49. The predicted octanol–water partition coefficient (Wildman–Crippen LogP) is 0.568. The second-order valence-corrected chi connectivity index (χ2v) is 2.76. The smallest absolute Gasteiger partial charge is 0.339 e. The number of hydrogen-bond acceptors (Lipinski definition) is 4. The number of hydrogen-bond donors (Lipinski definition) is 1. The van der Waals surface area contributed by atoms with Crippen molar-refractivity contribution in [3.63, 3.8) is 0 Å². The number of carbonyl (C=O) groups excluding carboxylic acids is 1. The largest absolute Gasteiger partial charge is 0.465 e. The Bertz CT molecular complexity index is 387.